The van der Waals surface area contributed by atoms with E-state index in [9.17, 15) is 13.2 Å². The zero-order chi connectivity index (χ0) is 28.6. The molecule has 0 N–H and O–H groups in total. The summed E-state index contributed by atoms with van der Waals surface area (Å²) in [6, 6.07) is 9.61. The Bertz CT molecular complexity index is 865. The van der Waals surface area contributed by atoms with Crippen LogP contribution < -0.4 is 2.89 Å². The van der Waals surface area contributed by atoms with E-state index < -0.39 is 30.1 Å². The molecule has 2 aromatic rings. The summed E-state index contributed by atoms with van der Waals surface area (Å²) in [5, 5.41) is 0. The van der Waals surface area contributed by atoms with Gasteiger partial charge in [0.2, 0.25) is 0 Å². The van der Waals surface area contributed by atoms with Gasteiger partial charge in [-0.25, -0.2) is 0 Å². The zero-order valence-corrected chi connectivity index (χ0v) is 29.1. The molecule has 1 aromatic heterocycles. The predicted molar refractivity (Wildman–Crippen MR) is 168 cm³/mol. The molecular weight excluding hydrogens is 604 g/mol. The van der Waals surface area contributed by atoms with Gasteiger partial charge in [0, 0.05) is 0 Å². The first kappa shape index (κ1) is 35.5. The Balaban J connectivity index is 0.00000352. The number of halogens is 3. The molecule has 0 spiro atoms. The fourth-order valence-electron chi connectivity index (χ4n) is 5.49. The van der Waals surface area contributed by atoms with Crippen molar-refractivity contribution in [3.05, 3.63) is 41.5 Å². The van der Waals surface area contributed by atoms with E-state index in [1.807, 2.05) is 31.3 Å². The van der Waals surface area contributed by atoms with Crippen LogP contribution in [0.5, 0.6) is 0 Å². The molecule has 218 valence electrons. The van der Waals surface area contributed by atoms with Crippen LogP contribution >= 0.6 is 11.3 Å². The molecule has 0 nitrogen and oxygen atoms in total. The Hall–Kier alpha value is -0.491. The second kappa shape index (κ2) is 18.8. The van der Waals surface area contributed by atoms with Gasteiger partial charge in [0.25, 0.3) is 0 Å². The number of alkyl halides is 3. The van der Waals surface area contributed by atoms with Crippen molar-refractivity contribution in [2.45, 2.75) is 139 Å². The van der Waals surface area contributed by atoms with E-state index in [1.165, 1.54) is 57.9 Å². The molecule has 0 saturated heterocycles. The van der Waals surface area contributed by atoms with E-state index in [0.29, 0.717) is 17.9 Å². The normalized spacial score (nSPS) is 12.8. The van der Waals surface area contributed by atoms with Crippen molar-refractivity contribution in [1.82, 2.24) is 0 Å². The SMILES string of the molecule is CC.CCCCC(CC)Cc1ccc(-c2cc[c]([Sn]([CH2]CCC)([CH2]CCC)[CH2]CCC)s2)cc1C(F)(F)F. The molecule has 0 bridgehead atoms. The van der Waals surface area contributed by atoms with Gasteiger partial charge in [-0.3, -0.25) is 0 Å². The Morgan fingerprint density at radius 1 is 0.763 bits per heavy atom. The third-order valence-corrected chi connectivity index (χ3v) is 27.3. The Morgan fingerprint density at radius 3 is 1.79 bits per heavy atom. The van der Waals surface area contributed by atoms with Gasteiger partial charge >= 0.3 is 221 Å². The summed E-state index contributed by atoms with van der Waals surface area (Å²) in [5.74, 6) is 0.315. The average molecular weight is 660 g/mol. The summed E-state index contributed by atoms with van der Waals surface area (Å²) in [5.41, 5.74) is 0.779. The number of unbranched alkanes of at least 4 members (excludes halogenated alkanes) is 4. The molecule has 0 saturated carbocycles. The van der Waals surface area contributed by atoms with Crippen molar-refractivity contribution in [2.24, 2.45) is 5.92 Å². The van der Waals surface area contributed by atoms with Gasteiger partial charge in [-0.15, -0.1) is 0 Å². The summed E-state index contributed by atoms with van der Waals surface area (Å²) in [6.45, 7) is 15.1. The standard InChI is InChI=1S/C19H22F3S.3C4H9.C2H6.Sn/c1-3-5-7-14(4-2)12-15-9-10-16(18-8-6-11-23-18)13-17(15)19(20,21)22;3*1-3-4-2;1-2;/h6,8-10,13-14H,3-5,7,12H2,1-2H3;3*1,3-4H2,2H3;1-2H3;. The molecule has 2 rings (SSSR count). The van der Waals surface area contributed by atoms with Crippen molar-refractivity contribution in [2.75, 3.05) is 0 Å². The molecule has 1 atom stereocenters. The summed E-state index contributed by atoms with van der Waals surface area (Å²) in [7, 11) is 0. The zero-order valence-electron chi connectivity index (χ0n) is 25.4. The third-order valence-electron chi connectivity index (χ3n) is 7.91. The van der Waals surface area contributed by atoms with E-state index in [1.54, 1.807) is 8.96 Å². The van der Waals surface area contributed by atoms with Crippen LogP contribution in [0.15, 0.2) is 30.3 Å². The molecular formula is C33H55F3SSn. The molecule has 1 unspecified atom stereocenters. The van der Waals surface area contributed by atoms with Crippen LogP contribution in [0, 0.1) is 5.92 Å². The van der Waals surface area contributed by atoms with Crippen LogP contribution in [0.4, 0.5) is 13.2 Å². The first-order valence-corrected chi connectivity index (χ1v) is 23.8. The molecule has 0 fully saturated rings. The van der Waals surface area contributed by atoms with Gasteiger partial charge in [0.1, 0.15) is 0 Å². The third kappa shape index (κ3) is 10.8. The molecule has 0 aliphatic heterocycles. The average Bonchev–Trinajstić information content (AvgIpc) is 3.42. The monoisotopic (exact) mass is 660 g/mol. The van der Waals surface area contributed by atoms with Gasteiger partial charge in [-0.05, 0) is 0 Å². The molecule has 0 aliphatic rings. The van der Waals surface area contributed by atoms with E-state index in [-0.39, 0.29) is 0 Å². The van der Waals surface area contributed by atoms with Gasteiger partial charge < -0.3 is 0 Å². The van der Waals surface area contributed by atoms with Gasteiger partial charge in [-0.2, -0.15) is 0 Å². The van der Waals surface area contributed by atoms with Crippen molar-refractivity contribution in [3.63, 3.8) is 0 Å². The van der Waals surface area contributed by atoms with Crippen LogP contribution in [0.2, 0.25) is 13.3 Å². The number of thiophene rings is 1. The Labute approximate surface area is 241 Å². The molecule has 0 amide bonds. The van der Waals surface area contributed by atoms with Crippen molar-refractivity contribution in [1.29, 1.82) is 0 Å². The van der Waals surface area contributed by atoms with E-state index >= 15 is 0 Å². The molecule has 1 aromatic carbocycles. The second-order valence-electron chi connectivity index (χ2n) is 10.7. The molecule has 0 radical (unpaired) electrons. The van der Waals surface area contributed by atoms with E-state index in [2.05, 4.69) is 46.8 Å². The number of benzene rings is 1. The van der Waals surface area contributed by atoms with Crippen LogP contribution in [0.1, 0.15) is 124 Å². The number of hydrogen-bond acceptors (Lipinski definition) is 1. The van der Waals surface area contributed by atoms with Crippen LogP contribution in [0.3, 0.4) is 0 Å². The van der Waals surface area contributed by atoms with Crippen molar-refractivity contribution in [3.8, 4) is 10.4 Å². The van der Waals surface area contributed by atoms with Crippen molar-refractivity contribution < 1.29 is 13.2 Å². The topological polar surface area (TPSA) is 0 Å². The quantitative estimate of drug-likeness (QED) is 0.148. The second-order valence-corrected chi connectivity index (χ2v) is 26.0. The minimum atomic E-state index is -4.32. The molecule has 5 heteroatoms. The predicted octanol–water partition coefficient (Wildman–Crippen LogP) is 12.3. The summed E-state index contributed by atoms with van der Waals surface area (Å²) in [4.78, 5) is 1.02. The van der Waals surface area contributed by atoms with E-state index in [4.69, 9.17) is 0 Å². The minimum absolute atomic E-state index is 0.315. The molecule has 1 heterocycles. The Morgan fingerprint density at radius 2 is 1.32 bits per heavy atom. The van der Waals surface area contributed by atoms with Crippen molar-refractivity contribution >= 4 is 32.6 Å². The summed E-state index contributed by atoms with van der Waals surface area (Å²) >= 11 is -0.752. The molecule has 0 aliphatic carbocycles. The molecule has 38 heavy (non-hydrogen) atoms. The Kier molecular flexibility index (Phi) is 17.6. The summed E-state index contributed by atoms with van der Waals surface area (Å²) in [6.07, 6.45) is 7.85. The van der Waals surface area contributed by atoms with Crippen LogP contribution in [0.25, 0.3) is 10.4 Å². The maximum atomic E-state index is 14.2. The van der Waals surface area contributed by atoms with Crippen LogP contribution in [-0.4, -0.2) is 18.4 Å². The fourth-order valence-corrected chi connectivity index (χ4v) is 25.6. The maximum absolute atomic E-state index is 14.2. The van der Waals surface area contributed by atoms with Gasteiger partial charge in [-0.1, -0.05) is 20.8 Å². The number of rotatable bonds is 17. The van der Waals surface area contributed by atoms with Crippen LogP contribution in [-0.2, 0) is 12.6 Å². The fraction of sp³-hybridized carbons (Fsp3) is 0.697. The first-order chi connectivity index (χ1) is 18.2. The van der Waals surface area contributed by atoms with Gasteiger partial charge in [0.15, 0.2) is 0 Å². The van der Waals surface area contributed by atoms with Gasteiger partial charge in [0.05, 0.1) is 0 Å². The number of hydrogen-bond donors (Lipinski definition) is 0. The van der Waals surface area contributed by atoms with E-state index in [0.717, 1.165) is 36.1 Å². The first-order valence-electron chi connectivity index (χ1n) is 15.5. The summed E-state index contributed by atoms with van der Waals surface area (Å²) < 4.78 is 48.3.